The standard InChI is InChI=1S/C8H14O2/c1-6(2)5-7(3)10-8(4)9/h7H,1,5H2,2-4H3/t7-/m1/s1. The summed E-state index contributed by atoms with van der Waals surface area (Å²) in [6, 6.07) is 0. The molecule has 0 fully saturated rings. The van der Waals surface area contributed by atoms with Crippen molar-refractivity contribution in [1.82, 2.24) is 0 Å². The molecule has 0 N–H and O–H groups in total. The van der Waals surface area contributed by atoms with E-state index in [1.165, 1.54) is 6.92 Å². The van der Waals surface area contributed by atoms with Crippen molar-refractivity contribution >= 4 is 5.97 Å². The second-order valence-electron chi connectivity index (χ2n) is 2.58. The average molecular weight is 142 g/mol. The van der Waals surface area contributed by atoms with E-state index in [0.717, 1.165) is 12.0 Å². The first kappa shape index (κ1) is 9.21. The smallest absolute Gasteiger partial charge is 0.302 e. The lowest BCUT2D eigenvalue weighted by Gasteiger charge is -2.10. The van der Waals surface area contributed by atoms with Gasteiger partial charge in [0.15, 0.2) is 0 Å². The van der Waals surface area contributed by atoms with Crippen LogP contribution in [0.4, 0.5) is 0 Å². The summed E-state index contributed by atoms with van der Waals surface area (Å²) < 4.78 is 4.86. The molecule has 2 nitrogen and oxygen atoms in total. The van der Waals surface area contributed by atoms with Gasteiger partial charge in [0.2, 0.25) is 0 Å². The van der Waals surface area contributed by atoms with Gasteiger partial charge < -0.3 is 4.74 Å². The highest BCUT2D eigenvalue weighted by Crippen LogP contribution is 2.04. The Hall–Kier alpha value is -0.790. The highest BCUT2D eigenvalue weighted by molar-refractivity contribution is 5.66. The maximum absolute atomic E-state index is 10.4. The molecule has 0 aromatic heterocycles. The summed E-state index contributed by atoms with van der Waals surface area (Å²) in [4.78, 5) is 10.4. The quantitative estimate of drug-likeness (QED) is 0.444. The summed E-state index contributed by atoms with van der Waals surface area (Å²) in [5, 5.41) is 0. The number of rotatable bonds is 3. The van der Waals surface area contributed by atoms with Crippen LogP contribution in [0.15, 0.2) is 12.2 Å². The van der Waals surface area contributed by atoms with Gasteiger partial charge in [-0.1, -0.05) is 5.57 Å². The molecule has 0 saturated heterocycles. The van der Waals surface area contributed by atoms with Crippen LogP contribution in [0.5, 0.6) is 0 Å². The van der Waals surface area contributed by atoms with Gasteiger partial charge in [-0.3, -0.25) is 4.79 Å². The molecule has 0 aromatic carbocycles. The summed E-state index contributed by atoms with van der Waals surface area (Å²) in [7, 11) is 0. The van der Waals surface area contributed by atoms with Crippen molar-refractivity contribution in [3.05, 3.63) is 12.2 Å². The van der Waals surface area contributed by atoms with Crippen LogP contribution in [-0.2, 0) is 9.53 Å². The van der Waals surface area contributed by atoms with Gasteiger partial charge in [0.25, 0.3) is 0 Å². The van der Waals surface area contributed by atoms with Crippen molar-refractivity contribution in [2.75, 3.05) is 0 Å². The zero-order chi connectivity index (χ0) is 8.15. The van der Waals surface area contributed by atoms with Crippen LogP contribution >= 0.6 is 0 Å². The molecular weight excluding hydrogens is 128 g/mol. The largest absolute Gasteiger partial charge is 0.463 e. The van der Waals surface area contributed by atoms with Crippen molar-refractivity contribution in [2.45, 2.75) is 33.3 Å². The van der Waals surface area contributed by atoms with E-state index in [2.05, 4.69) is 6.58 Å². The number of esters is 1. The average Bonchev–Trinajstić information content (AvgIpc) is 1.58. The predicted octanol–water partition coefficient (Wildman–Crippen LogP) is 1.90. The molecule has 1 atom stereocenters. The zero-order valence-electron chi connectivity index (χ0n) is 6.81. The fraction of sp³-hybridized carbons (Fsp3) is 0.625. The number of hydrogen-bond donors (Lipinski definition) is 0. The van der Waals surface area contributed by atoms with Gasteiger partial charge >= 0.3 is 5.97 Å². The van der Waals surface area contributed by atoms with Gasteiger partial charge in [-0.05, 0) is 13.8 Å². The molecule has 0 aliphatic rings. The van der Waals surface area contributed by atoms with Crippen molar-refractivity contribution in [1.29, 1.82) is 0 Å². The SMILES string of the molecule is C=C(C)C[C@@H](C)OC(C)=O. The van der Waals surface area contributed by atoms with Crippen LogP contribution in [0, 0.1) is 0 Å². The Morgan fingerprint density at radius 1 is 1.60 bits per heavy atom. The van der Waals surface area contributed by atoms with E-state index >= 15 is 0 Å². The van der Waals surface area contributed by atoms with Crippen LogP contribution in [0.1, 0.15) is 27.2 Å². The third-order valence-electron chi connectivity index (χ3n) is 1.00. The minimum absolute atomic E-state index is 0.0324. The van der Waals surface area contributed by atoms with E-state index in [0.29, 0.717) is 0 Å². The van der Waals surface area contributed by atoms with Crippen molar-refractivity contribution in [2.24, 2.45) is 0 Å². The summed E-state index contributed by atoms with van der Waals surface area (Å²) >= 11 is 0. The number of hydrogen-bond acceptors (Lipinski definition) is 2. The molecule has 2 heteroatoms. The van der Waals surface area contributed by atoms with Crippen LogP contribution in [-0.4, -0.2) is 12.1 Å². The van der Waals surface area contributed by atoms with E-state index in [1.807, 2.05) is 13.8 Å². The van der Waals surface area contributed by atoms with E-state index in [9.17, 15) is 4.79 Å². The number of ether oxygens (including phenoxy) is 1. The lowest BCUT2D eigenvalue weighted by Crippen LogP contribution is -2.11. The molecule has 58 valence electrons. The molecule has 0 heterocycles. The maximum atomic E-state index is 10.4. The molecule has 0 saturated carbocycles. The summed E-state index contributed by atoms with van der Waals surface area (Å²) in [6.45, 7) is 8.90. The Labute approximate surface area is 61.9 Å². The van der Waals surface area contributed by atoms with Crippen molar-refractivity contribution < 1.29 is 9.53 Å². The second kappa shape index (κ2) is 4.09. The fourth-order valence-electron chi connectivity index (χ4n) is 0.816. The Balaban J connectivity index is 3.53. The molecular formula is C8H14O2. The van der Waals surface area contributed by atoms with E-state index in [-0.39, 0.29) is 12.1 Å². The first-order chi connectivity index (χ1) is 4.52. The molecule has 0 radical (unpaired) electrons. The van der Waals surface area contributed by atoms with Gasteiger partial charge in [0.05, 0.1) is 0 Å². The van der Waals surface area contributed by atoms with Gasteiger partial charge in [-0.15, -0.1) is 6.58 Å². The third-order valence-corrected chi connectivity index (χ3v) is 1.00. The van der Waals surface area contributed by atoms with Gasteiger partial charge in [-0.25, -0.2) is 0 Å². The highest BCUT2D eigenvalue weighted by atomic mass is 16.5. The van der Waals surface area contributed by atoms with Crippen molar-refractivity contribution in [3.8, 4) is 0 Å². The molecule has 0 aromatic rings. The Bertz CT molecular complexity index is 122. The highest BCUT2D eigenvalue weighted by Gasteiger charge is 2.03. The lowest BCUT2D eigenvalue weighted by atomic mass is 10.2. The first-order valence-electron chi connectivity index (χ1n) is 3.34. The first-order valence-corrected chi connectivity index (χ1v) is 3.34. The Morgan fingerprint density at radius 3 is 2.40 bits per heavy atom. The van der Waals surface area contributed by atoms with Gasteiger partial charge in [-0.2, -0.15) is 0 Å². The molecule has 0 aliphatic carbocycles. The molecule has 0 rings (SSSR count). The Kier molecular flexibility index (Phi) is 3.77. The summed E-state index contributed by atoms with van der Waals surface area (Å²) in [5.41, 5.74) is 1.04. The monoisotopic (exact) mass is 142 g/mol. The minimum atomic E-state index is -0.228. The van der Waals surface area contributed by atoms with Crippen LogP contribution in [0.25, 0.3) is 0 Å². The number of carbonyl (C=O) groups excluding carboxylic acids is 1. The minimum Gasteiger partial charge on any atom is -0.463 e. The van der Waals surface area contributed by atoms with Crippen molar-refractivity contribution in [3.63, 3.8) is 0 Å². The lowest BCUT2D eigenvalue weighted by molar-refractivity contribution is -0.145. The molecule has 0 bridgehead atoms. The molecule has 0 aliphatic heterocycles. The van der Waals surface area contributed by atoms with E-state index < -0.39 is 0 Å². The molecule has 10 heavy (non-hydrogen) atoms. The predicted molar refractivity (Wildman–Crippen MR) is 40.7 cm³/mol. The van der Waals surface area contributed by atoms with Crippen LogP contribution in [0.2, 0.25) is 0 Å². The normalized spacial score (nSPS) is 12.3. The Morgan fingerprint density at radius 2 is 2.10 bits per heavy atom. The van der Waals surface area contributed by atoms with Crippen LogP contribution < -0.4 is 0 Å². The molecule has 0 unspecified atom stereocenters. The van der Waals surface area contributed by atoms with E-state index in [1.54, 1.807) is 0 Å². The molecule has 0 amide bonds. The van der Waals surface area contributed by atoms with Gasteiger partial charge in [0, 0.05) is 13.3 Å². The molecule has 0 spiro atoms. The second-order valence-corrected chi connectivity index (χ2v) is 2.58. The fourth-order valence-corrected chi connectivity index (χ4v) is 0.816. The van der Waals surface area contributed by atoms with E-state index in [4.69, 9.17) is 4.74 Å². The summed E-state index contributed by atoms with van der Waals surface area (Å²) in [6.07, 6.45) is 0.717. The van der Waals surface area contributed by atoms with Crippen LogP contribution in [0.3, 0.4) is 0 Å². The third kappa shape index (κ3) is 5.35. The maximum Gasteiger partial charge on any atom is 0.302 e. The van der Waals surface area contributed by atoms with Gasteiger partial charge in [0.1, 0.15) is 6.10 Å². The number of carbonyl (C=O) groups is 1. The zero-order valence-corrected chi connectivity index (χ0v) is 6.81. The summed E-state index contributed by atoms with van der Waals surface area (Å²) in [5.74, 6) is -0.228. The topological polar surface area (TPSA) is 26.3 Å².